The summed E-state index contributed by atoms with van der Waals surface area (Å²) in [6.07, 6.45) is 0.605. The van der Waals surface area contributed by atoms with Crippen LogP contribution >= 0.6 is 0 Å². The first-order valence-electron chi connectivity index (χ1n) is 7.98. The smallest absolute Gasteiger partial charge is 0.410 e. The number of rotatable bonds is 0. The van der Waals surface area contributed by atoms with Gasteiger partial charge in [0.2, 0.25) is 0 Å². The monoisotopic (exact) mass is 317 g/mol. The fraction of sp³-hybridized carbons (Fsp3) is 0.556. The van der Waals surface area contributed by atoms with Crippen LogP contribution in [0.25, 0.3) is 0 Å². The largest absolute Gasteiger partial charge is 0.484 e. The molecular weight excluding hydrogens is 294 g/mol. The highest BCUT2D eigenvalue weighted by Crippen LogP contribution is 2.39. The average Bonchev–Trinajstić information content (AvgIpc) is 2.82. The van der Waals surface area contributed by atoms with Crippen LogP contribution in [-0.2, 0) is 4.74 Å². The molecule has 0 radical (unpaired) electrons. The van der Waals surface area contributed by atoms with E-state index in [1.165, 1.54) is 0 Å². The van der Waals surface area contributed by atoms with E-state index in [1.54, 1.807) is 4.90 Å². The van der Waals surface area contributed by atoms with Crippen molar-refractivity contribution in [1.29, 1.82) is 0 Å². The zero-order valence-corrected chi connectivity index (χ0v) is 14.1. The van der Waals surface area contributed by atoms with Crippen molar-refractivity contribution in [2.75, 3.05) is 13.1 Å². The first-order chi connectivity index (χ1) is 10.7. The zero-order chi connectivity index (χ0) is 16.8. The van der Waals surface area contributed by atoms with Crippen molar-refractivity contribution in [2.24, 2.45) is 0 Å². The van der Waals surface area contributed by atoms with E-state index >= 15 is 0 Å². The van der Waals surface area contributed by atoms with E-state index in [0.29, 0.717) is 37.2 Å². The lowest BCUT2D eigenvalue weighted by molar-refractivity contribution is 0.0171. The van der Waals surface area contributed by atoms with Crippen LogP contribution in [0.3, 0.4) is 0 Å². The van der Waals surface area contributed by atoms with Gasteiger partial charge in [0.15, 0.2) is 5.78 Å². The minimum absolute atomic E-state index is 0.0842. The summed E-state index contributed by atoms with van der Waals surface area (Å²) in [5.74, 6) is 0.707. The second kappa shape index (κ2) is 5.25. The number of Topliss-reactive ketones (excluding diaryl/α,β-unsaturated/α-hetero) is 1. The highest BCUT2D eigenvalue weighted by atomic mass is 16.6. The maximum Gasteiger partial charge on any atom is 0.410 e. The van der Waals surface area contributed by atoms with Gasteiger partial charge in [0, 0.05) is 13.0 Å². The van der Waals surface area contributed by atoms with Gasteiger partial charge in [-0.25, -0.2) is 4.79 Å². The van der Waals surface area contributed by atoms with Gasteiger partial charge in [-0.3, -0.25) is 4.79 Å². The van der Waals surface area contributed by atoms with Crippen LogP contribution in [0.2, 0.25) is 0 Å². The molecule has 0 N–H and O–H groups in total. The van der Waals surface area contributed by atoms with Gasteiger partial charge in [-0.15, -0.1) is 0 Å². The van der Waals surface area contributed by atoms with E-state index in [4.69, 9.17) is 9.47 Å². The number of ether oxygens (including phenoxy) is 2. The van der Waals surface area contributed by atoms with Gasteiger partial charge >= 0.3 is 6.09 Å². The minimum Gasteiger partial charge on any atom is -0.484 e. The topological polar surface area (TPSA) is 55.8 Å². The van der Waals surface area contributed by atoms with E-state index in [1.807, 2.05) is 45.9 Å². The summed E-state index contributed by atoms with van der Waals surface area (Å²) in [5.41, 5.74) is 0.543. The summed E-state index contributed by atoms with van der Waals surface area (Å²) in [4.78, 5) is 26.3. The molecule has 1 saturated heterocycles. The number of benzene rings is 1. The molecule has 1 aromatic carbocycles. The third-order valence-electron chi connectivity index (χ3n) is 4.21. The highest BCUT2D eigenvalue weighted by molar-refractivity contribution is 6.00. The third kappa shape index (κ3) is 3.19. The highest BCUT2D eigenvalue weighted by Gasteiger charge is 2.47. The van der Waals surface area contributed by atoms with Gasteiger partial charge < -0.3 is 14.4 Å². The molecule has 0 aromatic heterocycles. The van der Waals surface area contributed by atoms with Crippen LogP contribution in [0.4, 0.5) is 4.79 Å². The summed E-state index contributed by atoms with van der Waals surface area (Å²) in [6, 6.07) is 5.65. The molecule has 5 nitrogen and oxygen atoms in total. The van der Waals surface area contributed by atoms with Crippen LogP contribution < -0.4 is 4.74 Å². The van der Waals surface area contributed by atoms with Crippen LogP contribution in [0.5, 0.6) is 5.75 Å². The van der Waals surface area contributed by atoms with Gasteiger partial charge in [-0.1, -0.05) is 11.6 Å². The molecule has 1 fully saturated rings. The van der Waals surface area contributed by atoms with Crippen LogP contribution in [0.1, 0.15) is 49.5 Å². The molecule has 124 valence electrons. The van der Waals surface area contributed by atoms with E-state index < -0.39 is 11.2 Å². The molecule has 0 bridgehead atoms. The second-order valence-electron chi connectivity index (χ2n) is 7.54. The van der Waals surface area contributed by atoms with Crippen molar-refractivity contribution in [2.45, 2.75) is 51.7 Å². The van der Waals surface area contributed by atoms with Crippen molar-refractivity contribution in [3.05, 3.63) is 29.3 Å². The fourth-order valence-electron chi connectivity index (χ4n) is 3.16. The molecule has 2 aliphatic rings. The molecule has 5 heteroatoms. The van der Waals surface area contributed by atoms with Crippen molar-refractivity contribution in [3.63, 3.8) is 0 Å². The minimum atomic E-state index is -0.615. The van der Waals surface area contributed by atoms with Crippen LogP contribution in [-0.4, -0.2) is 41.1 Å². The molecular formula is C18H23NO4. The number of hydrogen-bond donors (Lipinski definition) is 0. The Hall–Kier alpha value is -2.04. The summed E-state index contributed by atoms with van der Waals surface area (Å²) in [5, 5.41) is 0. The first-order valence-corrected chi connectivity index (χ1v) is 7.98. The lowest BCUT2D eigenvalue weighted by atomic mass is 9.89. The molecule has 3 rings (SSSR count). The van der Waals surface area contributed by atoms with Gasteiger partial charge in [-0.2, -0.15) is 0 Å². The summed E-state index contributed by atoms with van der Waals surface area (Å²) in [6.45, 7) is 8.42. The molecule has 2 aliphatic heterocycles. The number of aryl methyl sites for hydroxylation is 1. The Morgan fingerprint density at radius 2 is 2.09 bits per heavy atom. The quantitative estimate of drug-likeness (QED) is 0.736. The third-order valence-corrected chi connectivity index (χ3v) is 4.21. The fourth-order valence-corrected chi connectivity index (χ4v) is 3.16. The maximum atomic E-state index is 12.5. The molecule has 1 amide bonds. The van der Waals surface area contributed by atoms with Gasteiger partial charge in [0.1, 0.15) is 17.0 Å². The summed E-state index contributed by atoms with van der Waals surface area (Å²) in [7, 11) is 0. The number of carbonyl (C=O) groups excluding carboxylic acids is 2. The number of hydrogen-bond acceptors (Lipinski definition) is 4. The van der Waals surface area contributed by atoms with Gasteiger partial charge in [0.25, 0.3) is 0 Å². The van der Waals surface area contributed by atoms with Gasteiger partial charge in [0.05, 0.1) is 18.5 Å². The molecule has 0 unspecified atom stereocenters. The predicted molar refractivity (Wildman–Crippen MR) is 85.9 cm³/mol. The Morgan fingerprint density at radius 3 is 2.78 bits per heavy atom. The maximum absolute atomic E-state index is 12.5. The number of fused-ring (bicyclic) bond motifs is 1. The van der Waals surface area contributed by atoms with E-state index in [-0.39, 0.29) is 11.9 Å². The van der Waals surface area contributed by atoms with Crippen LogP contribution in [0.15, 0.2) is 18.2 Å². The van der Waals surface area contributed by atoms with E-state index in [2.05, 4.69) is 0 Å². The Bertz CT molecular complexity index is 661. The Morgan fingerprint density at radius 1 is 1.35 bits per heavy atom. The number of likely N-dealkylation sites (tertiary alicyclic amines) is 1. The van der Waals surface area contributed by atoms with Crippen molar-refractivity contribution < 1.29 is 19.1 Å². The number of carbonyl (C=O) groups is 2. The Labute approximate surface area is 136 Å². The van der Waals surface area contributed by atoms with Crippen LogP contribution in [0, 0.1) is 6.92 Å². The Balaban J connectivity index is 1.77. The normalized spacial score (nSPS) is 23.7. The number of amides is 1. The molecule has 1 atom stereocenters. The predicted octanol–water partition coefficient (Wildman–Crippen LogP) is 3.34. The standard InChI is InChI=1S/C18H23NO4/c1-12-5-6-15-13(9-12)14(20)10-18(22-15)7-8-19(11-18)16(21)23-17(2,3)4/h5-6,9H,7-8,10-11H2,1-4H3/t18-/m0/s1. The van der Waals surface area contributed by atoms with E-state index in [0.717, 1.165) is 5.56 Å². The van der Waals surface area contributed by atoms with Crippen molar-refractivity contribution >= 4 is 11.9 Å². The van der Waals surface area contributed by atoms with Crippen molar-refractivity contribution in [1.82, 2.24) is 4.90 Å². The van der Waals surface area contributed by atoms with E-state index in [9.17, 15) is 9.59 Å². The summed E-state index contributed by atoms with van der Waals surface area (Å²) < 4.78 is 11.6. The second-order valence-corrected chi connectivity index (χ2v) is 7.54. The molecule has 0 aliphatic carbocycles. The Kier molecular flexibility index (Phi) is 3.62. The first kappa shape index (κ1) is 15.8. The molecule has 23 heavy (non-hydrogen) atoms. The molecule has 2 heterocycles. The number of nitrogens with zero attached hydrogens (tertiary/aromatic N) is 1. The number of ketones is 1. The van der Waals surface area contributed by atoms with Gasteiger partial charge in [-0.05, 0) is 39.8 Å². The molecule has 0 saturated carbocycles. The lowest BCUT2D eigenvalue weighted by Crippen LogP contribution is -2.46. The molecule has 1 aromatic rings. The SMILES string of the molecule is Cc1ccc2c(c1)C(=O)C[C@]1(CCN(C(=O)OC(C)(C)C)C1)O2. The average molecular weight is 317 g/mol. The lowest BCUT2D eigenvalue weighted by Gasteiger charge is -2.35. The zero-order valence-electron chi connectivity index (χ0n) is 14.1. The van der Waals surface area contributed by atoms with Crippen molar-refractivity contribution in [3.8, 4) is 5.75 Å². The summed E-state index contributed by atoms with van der Waals surface area (Å²) >= 11 is 0. The molecule has 1 spiro atoms.